The minimum atomic E-state index is -1.86. The fraction of sp³-hybridized carbons (Fsp3) is 0.263. The van der Waals surface area contributed by atoms with Crippen molar-refractivity contribution in [2.24, 2.45) is 5.92 Å². The Bertz CT molecular complexity index is 803. The predicted molar refractivity (Wildman–Crippen MR) is 93.3 cm³/mol. The second-order valence-corrected chi connectivity index (χ2v) is 6.36. The molecule has 3 rings (SSSR count). The molecule has 5 heteroatoms. The number of halogens is 1. The topological polar surface area (TPSA) is 57.6 Å². The zero-order valence-corrected chi connectivity index (χ0v) is 14.2. The quantitative estimate of drug-likeness (QED) is 0.865. The largest absolute Gasteiger partial charge is 0.375 e. The van der Waals surface area contributed by atoms with Crippen molar-refractivity contribution in [2.75, 3.05) is 11.4 Å². The van der Waals surface area contributed by atoms with Gasteiger partial charge < -0.3 is 10.0 Å². The van der Waals surface area contributed by atoms with Gasteiger partial charge in [-0.25, -0.2) is 0 Å². The van der Waals surface area contributed by atoms with Gasteiger partial charge in [-0.3, -0.25) is 9.59 Å². The van der Waals surface area contributed by atoms with E-state index in [4.69, 9.17) is 11.6 Å². The lowest BCUT2D eigenvalue weighted by atomic mass is 9.79. The molecular formula is C19H18ClNO3. The monoisotopic (exact) mass is 343 g/mol. The van der Waals surface area contributed by atoms with Crippen LogP contribution in [0.15, 0.2) is 48.5 Å². The normalized spacial score (nSPS) is 20.8. The minimum Gasteiger partial charge on any atom is -0.375 e. The standard InChI is InChI=1S/C19H18ClNO3/c1-3-21-16-7-5-4-6-15(16)19(24,18(21)23)12(2)17(22)13-8-10-14(20)11-9-13/h4-12,24H,3H2,1-2H3/t12-,19+/m0/s1. The van der Waals surface area contributed by atoms with E-state index < -0.39 is 17.4 Å². The maximum absolute atomic E-state index is 12.8. The van der Waals surface area contributed by atoms with Gasteiger partial charge in [-0.15, -0.1) is 0 Å². The first-order valence-electron chi connectivity index (χ1n) is 7.84. The summed E-state index contributed by atoms with van der Waals surface area (Å²) < 4.78 is 0. The molecule has 1 N–H and O–H groups in total. The number of carbonyl (C=O) groups is 2. The SMILES string of the molecule is CCN1C(=O)[C@@](O)([C@@H](C)C(=O)c2ccc(Cl)cc2)c2ccccc21. The number of hydrogen-bond donors (Lipinski definition) is 1. The number of hydrogen-bond acceptors (Lipinski definition) is 3. The second-order valence-electron chi connectivity index (χ2n) is 5.93. The molecule has 1 aliphatic heterocycles. The third-order valence-corrected chi connectivity index (χ3v) is 4.89. The smallest absolute Gasteiger partial charge is 0.264 e. The molecule has 2 aromatic carbocycles. The molecule has 0 saturated carbocycles. The van der Waals surface area contributed by atoms with Crippen molar-refractivity contribution in [2.45, 2.75) is 19.4 Å². The zero-order valence-electron chi connectivity index (χ0n) is 13.5. The summed E-state index contributed by atoms with van der Waals surface area (Å²) in [6.07, 6.45) is 0. The number of benzene rings is 2. The molecule has 0 aliphatic carbocycles. The highest BCUT2D eigenvalue weighted by Gasteiger charge is 2.54. The van der Waals surface area contributed by atoms with Crippen LogP contribution < -0.4 is 4.90 Å². The Morgan fingerprint density at radius 2 is 1.83 bits per heavy atom. The molecule has 1 amide bonds. The first-order valence-corrected chi connectivity index (χ1v) is 8.22. The Morgan fingerprint density at radius 3 is 2.46 bits per heavy atom. The van der Waals surface area contributed by atoms with Crippen molar-refractivity contribution < 1.29 is 14.7 Å². The summed E-state index contributed by atoms with van der Waals surface area (Å²) >= 11 is 5.86. The molecule has 124 valence electrons. The Hall–Kier alpha value is -2.17. The van der Waals surface area contributed by atoms with E-state index in [2.05, 4.69) is 0 Å². The first-order chi connectivity index (χ1) is 11.4. The maximum Gasteiger partial charge on any atom is 0.264 e. The van der Waals surface area contributed by atoms with E-state index in [-0.39, 0.29) is 5.78 Å². The van der Waals surface area contributed by atoms with E-state index >= 15 is 0 Å². The zero-order chi connectivity index (χ0) is 17.5. The molecule has 2 atom stereocenters. The van der Waals surface area contributed by atoms with Gasteiger partial charge in [0.2, 0.25) is 0 Å². The van der Waals surface area contributed by atoms with Gasteiger partial charge in [-0.1, -0.05) is 36.7 Å². The van der Waals surface area contributed by atoms with Crippen LogP contribution in [0.3, 0.4) is 0 Å². The molecule has 0 unspecified atom stereocenters. The number of para-hydroxylation sites is 1. The lowest BCUT2D eigenvalue weighted by molar-refractivity contribution is -0.139. The highest BCUT2D eigenvalue weighted by Crippen LogP contribution is 2.45. The highest BCUT2D eigenvalue weighted by molar-refractivity contribution is 6.30. The van der Waals surface area contributed by atoms with E-state index in [1.54, 1.807) is 49.4 Å². The third kappa shape index (κ3) is 2.34. The van der Waals surface area contributed by atoms with E-state index in [0.717, 1.165) is 0 Å². The van der Waals surface area contributed by atoms with Gasteiger partial charge in [-0.05, 0) is 37.3 Å². The Balaban J connectivity index is 2.05. The van der Waals surface area contributed by atoms with Crippen LogP contribution in [-0.2, 0) is 10.4 Å². The summed E-state index contributed by atoms with van der Waals surface area (Å²) in [5, 5.41) is 11.8. The number of rotatable bonds is 4. The van der Waals surface area contributed by atoms with Crippen LogP contribution in [-0.4, -0.2) is 23.3 Å². The van der Waals surface area contributed by atoms with Crippen LogP contribution in [0.25, 0.3) is 0 Å². The van der Waals surface area contributed by atoms with Gasteiger partial charge in [0.15, 0.2) is 11.4 Å². The van der Waals surface area contributed by atoms with Crippen molar-refractivity contribution in [1.82, 2.24) is 0 Å². The maximum atomic E-state index is 12.8. The van der Waals surface area contributed by atoms with Crippen LogP contribution >= 0.6 is 11.6 Å². The Kier molecular flexibility index (Phi) is 4.20. The van der Waals surface area contributed by atoms with Gasteiger partial charge >= 0.3 is 0 Å². The van der Waals surface area contributed by atoms with E-state index in [1.807, 2.05) is 13.0 Å². The fourth-order valence-corrected chi connectivity index (χ4v) is 3.37. The molecule has 0 bridgehead atoms. The van der Waals surface area contributed by atoms with Crippen LogP contribution in [0.1, 0.15) is 29.8 Å². The molecule has 0 aromatic heterocycles. The third-order valence-electron chi connectivity index (χ3n) is 4.64. The number of carbonyl (C=O) groups excluding carboxylic acids is 2. The van der Waals surface area contributed by atoms with Gasteiger partial charge in [0.25, 0.3) is 5.91 Å². The molecule has 4 nitrogen and oxygen atoms in total. The van der Waals surface area contributed by atoms with Gasteiger partial charge in [-0.2, -0.15) is 0 Å². The number of Topliss-reactive ketones (excluding diaryl/α,β-unsaturated/α-hetero) is 1. The molecule has 1 heterocycles. The number of aliphatic hydroxyl groups is 1. The number of amides is 1. The molecule has 0 spiro atoms. The lowest BCUT2D eigenvalue weighted by Crippen LogP contribution is -2.47. The summed E-state index contributed by atoms with van der Waals surface area (Å²) in [5.74, 6) is -1.67. The van der Waals surface area contributed by atoms with Crippen molar-refractivity contribution in [3.05, 3.63) is 64.7 Å². The summed E-state index contributed by atoms with van der Waals surface area (Å²) in [6, 6.07) is 13.5. The number of fused-ring (bicyclic) bond motifs is 1. The molecule has 24 heavy (non-hydrogen) atoms. The van der Waals surface area contributed by atoms with Crippen molar-refractivity contribution in [3.63, 3.8) is 0 Å². The van der Waals surface area contributed by atoms with Crippen molar-refractivity contribution in [3.8, 4) is 0 Å². The second kappa shape index (κ2) is 6.04. The predicted octanol–water partition coefficient (Wildman–Crippen LogP) is 3.41. The Labute approximate surface area is 145 Å². The summed E-state index contributed by atoms with van der Waals surface area (Å²) in [4.78, 5) is 27.2. The number of anilines is 1. The summed E-state index contributed by atoms with van der Waals surface area (Å²) in [6.45, 7) is 3.86. The Morgan fingerprint density at radius 1 is 1.21 bits per heavy atom. The lowest BCUT2D eigenvalue weighted by Gasteiger charge is -2.28. The number of ketones is 1. The van der Waals surface area contributed by atoms with Crippen LogP contribution in [0.2, 0.25) is 5.02 Å². The highest BCUT2D eigenvalue weighted by atomic mass is 35.5. The average molecular weight is 344 g/mol. The van der Waals surface area contributed by atoms with Crippen LogP contribution in [0.4, 0.5) is 5.69 Å². The molecule has 0 fully saturated rings. The fourth-order valence-electron chi connectivity index (χ4n) is 3.25. The van der Waals surface area contributed by atoms with E-state index in [1.165, 1.54) is 4.90 Å². The average Bonchev–Trinajstić information content (AvgIpc) is 2.83. The molecular weight excluding hydrogens is 326 g/mol. The summed E-state index contributed by atoms with van der Waals surface area (Å²) in [5.41, 5.74) is -0.306. The van der Waals surface area contributed by atoms with Gasteiger partial charge in [0, 0.05) is 22.7 Å². The van der Waals surface area contributed by atoms with E-state index in [9.17, 15) is 14.7 Å². The van der Waals surface area contributed by atoms with Gasteiger partial charge in [0.05, 0.1) is 11.6 Å². The van der Waals surface area contributed by atoms with Gasteiger partial charge in [0.1, 0.15) is 0 Å². The van der Waals surface area contributed by atoms with Crippen molar-refractivity contribution in [1.29, 1.82) is 0 Å². The van der Waals surface area contributed by atoms with E-state index in [0.29, 0.717) is 28.4 Å². The minimum absolute atomic E-state index is 0.296. The molecule has 2 aromatic rings. The van der Waals surface area contributed by atoms with Crippen LogP contribution in [0.5, 0.6) is 0 Å². The number of nitrogens with zero attached hydrogens (tertiary/aromatic N) is 1. The van der Waals surface area contributed by atoms with Crippen LogP contribution in [0, 0.1) is 5.92 Å². The molecule has 1 aliphatic rings. The van der Waals surface area contributed by atoms with Crippen molar-refractivity contribution >= 4 is 29.0 Å². The number of likely N-dealkylation sites (N-methyl/N-ethyl adjacent to an activating group) is 1. The summed E-state index contributed by atoms with van der Waals surface area (Å²) in [7, 11) is 0. The molecule has 0 radical (unpaired) electrons. The first kappa shape index (κ1) is 16.7. The molecule has 0 saturated heterocycles.